The Morgan fingerprint density at radius 3 is 2.48 bits per heavy atom. The lowest BCUT2D eigenvalue weighted by Gasteiger charge is -2.23. The molecule has 0 spiro atoms. The lowest BCUT2D eigenvalue weighted by molar-refractivity contribution is -0.176. The van der Waals surface area contributed by atoms with Crippen molar-refractivity contribution in [3.8, 4) is 0 Å². The minimum atomic E-state index is -4.68. The summed E-state index contributed by atoms with van der Waals surface area (Å²) >= 11 is 6.08. The molecule has 0 saturated heterocycles. The van der Waals surface area contributed by atoms with Gasteiger partial charge in [-0.1, -0.05) is 11.6 Å². The van der Waals surface area contributed by atoms with E-state index in [1.54, 1.807) is 0 Å². The van der Waals surface area contributed by atoms with E-state index in [4.69, 9.17) is 11.6 Å². The molecule has 0 aromatic heterocycles. The van der Waals surface area contributed by atoms with Crippen LogP contribution in [-0.4, -0.2) is 56.0 Å². The molecule has 160 valence electrons. The number of alkyl halides is 3. The minimum Gasteiger partial charge on any atom is -0.385 e. The molecule has 0 heterocycles. The summed E-state index contributed by atoms with van der Waals surface area (Å²) < 4.78 is 65.4. The lowest BCUT2D eigenvalue weighted by atomic mass is 9.80. The summed E-state index contributed by atoms with van der Waals surface area (Å²) in [4.78, 5) is 36.4. The highest BCUT2D eigenvalue weighted by Gasteiger charge is 2.42. The predicted molar refractivity (Wildman–Crippen MR) is 93.3 cm³/mol. The van der Waals surface area contributed by atoms with Crippen molar-refractivity contribution in [2.45, 2.75) is 36.6 Å². The Balaban J connectivity index is 2.48. The number of rotatable bonds is 6. The van der Waals surface area contributed by atoms with Crippen molar-refractivity contribution in [2.75, 3.05) is 12.9 Å². The van der Waals surface area contributed by atoms with Crippen LogP contribution >= 0.6 is 11.6 Å². The third-order valence-corrected chi connectivity index (χ3v) is 5.85. The number of carbonyl (C=O) groups is 3. The summed E-state index contributed by atoms with van der Waals surface area (Å²) in [5.41, 5.74) is -0.828. The number of aliphatic hydroxyl groups is 1. The van der Waals surface area contributed by atoms with E-state index < -0.39 is 79.6 Å². The van der Waals surface area contributed by atoms with Crippen LogP contribution in [0.3, 0.4) is 0 Å². The molecule has 2 rings (SSSR count). The SMILES string of the molecule is CS(=O)(=O)c1ccc(C(=O)C2C(=O)CCC(O)C2=O)c(Cl)c1COCC(F)(F)F. The zero-order valence-electron chi connectivity index (χ0n) is 15.0. The number of Topliss-reactive ketones (excluding diaryl/α,β-unsaturated/α-hetero) is 3. The smallest absolute Gasteiger partial charge is 0.385 e. The van der Waals surface area contributed by atoms with Crippen LogP contribution in [0.1, 0.15) is 28.8 Å². The average molecular weight is 457 g/mol. The number of halogens is 4. The highest BCUT2D eigenvalue weighted by atomic mass is 35.5. The van der Waals surface area contributed by atoms with E-state index >= 15 is 0 Å². The van der Waals surface area contributed by atoms with Gasteiger partial charge in [0.15, 0.2) is 27.2 Å². The third-order valence-electron chi connectivity index (χ3n) is 4.24. The van der Waals surface area contributed by atoms with E-state index in [9.17, 15) is 41.1 Å². The number of aliphatic hydroxyl groups excluding tert-OH is 1. The van der Waals surface area contributed by atoms with Crippen molar-refractivity contribution in [1.82, 2.24) is 0 Å². The van der Waals surface area contributed by atoms with Crippen LogP contribution in [0.4, 0.5) is 13.2 Å². The van der Waals surface area contributed by atoms with Gasteiger partial charge in [0.1, 0.15) is 18.6 Å². The van der Waals surface area contributed by atoms with Crippen LogP contribution in [0, 0.1) is 5.92 Å². The van der Waals surface area contributed by atoms with Gasteiger partial charge >= 0.3 is 6.18 Å². The van der Waals surface area contributed by atoms with Gasteiger partial charge in [-0.3, -0.25) is 14.4 Å². The average Bonchev–Trinajstić information content (AvgIpc) is 2.57. The molecule has 7 nitrogen and oxygen atoms in total. The molecule has 1 aromatic carbocycles. The maximum Gasteiger partial charge on any atom is 0.411 e. The van der Waals surface area contributed by atoms with Crippen LogP contribution in [0.15, 0.2) is 17.0 Å². The van der Waals surface area contributed by atoms with Crippen molar-refractivity contribution in [2.24, 2.45) is 5.92 Å². The normalized spacial score (nSPS) is 20.8. The monoisotopic (exact) mass is 456 g/mol. The summed E-state index contributed by atoms with van der Waals surface area (Å²) in [6.45, 7) is -2.56. The zero-order chi connectivity index (χ0) is 22.1. The van der Waals surface area contributed by atoms with Crippen molar-refractivity contribution < 1.29 is 45.8 Å². The first-order valence-corrected chi connectivity index (χ1v) is 10.5. The molecule has 29 heavy (non-hydrogen) atoms. The number of benzene rings is 1. The van der Waals surface area contributed by atoms with Crippen LogP contribution in [0.2, 0.25) is 5.02 Å². The number of ether oxygens (including phenoxy) is 1. The summed E-state index contributed by atoms with van der Waals surface area (Å²) in [5, 5.41) is 9.09. The third kappa shape index (κ3) is 5.41. The van der Waals surface area contributed by atoms with Gasteiger partial charge in [-0.25, -0.2) is 8.42 Å². The Morgan fingerprint density at radius 2 is 1.93 bits per heavy atom. The van der Waals surface area contributed by atoms with Crippen LogP contribution in [0.5, 0.6) is 0 Å². The van der Waals surface area contributed by atoms with Gasteiger partial charge < -0.3 is 9.84 Å². The summed E-state index contributed by atoms with van der Waals surface area (Å²) in [6, 6.07) is 1.91. The minimum absolute atomic E-state index is 0.126. The van der Waals surface area contributed by atoms with Crippen molar-refractivity contribution in [3.63, 3.8) is 0 Å². The Kier molecular flexibility index (Phi) is 6.88. The maximum atomic E-state index is 12.7. The van der Waals surface area contributed by atoms with E-state index in [-0.39, 0.29) is 12.8 Å². The lowest BCUT2D eigenvalue weighted by Crippen LogP contribution is -2.43. The molecular weight excluding hydrogens is 441 g/mol. The zero-order valence-corrected chi connectivity index (χ0v) is 16.5. The first-order valence-electron chi connectivity index (χ1n) is 8.18. The molecule has 1 aliphatic rings. The fourth-order valence-corrected chi connectivity index (χ4v) is 4.18. The maximum absolute atomic E-state index is 12.7. The largest absolute Gasteiger partial charge is 0.411 e. The molecule has 0 aliphatic heterocycles. The number of ketones is 3. The second-order valence-electron chi connectivity index (χ2n) is 6.50. The molecule has 0 amide bonds. The molecule has 2 atom stereocenters. The van der Waals surface area contributed by atoms with Gasteiger partial charge in [-0.05, 0) is 18.6 Å². The van der Waals surface area contributed by atoms with E-state index in [0.717, 1.165) is 18.4 Å². The van der Waals surface area contributed by atoms with Gasteiger partial charge in [-0.15, -0.1) is 0 Å². The van der Waals surface area contributed by atoms with Crippen molar-refractivity contribution >= 4 is 38.8 Å². The van der Waals surface area contributed by atoms with Crippen molar-refractivity contribution in [3.05, 3.63) is 28.3 Å². The fraction of sp³-hybridized carbons (Fsp3) is 0.471. The van der Waals surface area contributed by atoms with Gasteiger partial charge in [0.25, 0.3) is 0 Å². The number of hydrogen-bond donors (Lipinski definition) is 1. The molecule has 12 heteroatoms. The first kappa shape index (κ1) is 23.5. The predicted octanol–water partition coefficient (Wildman–Crippen LogP) is 1.91. The topological polar surface area (TPSA) is 115 Å². The van der Waals surface area contributed by atoms with E-state index in [1.165, 1.54) is 0 Å². The number of sulfone groups is 1. The highest BCUT2D eigenvalue weighted by Crippen LogP contribution is 2.32. The molecule has 2 unspecified atom stereocenters. The quantitative estimate of drug-likeness (QED) is 0.513. The highest BCUT2D eigenvalue weighted by molar-refractivity contribution is 7.90. The Hall–Kier alpha value is -1.82. The van der Waals surface area contributed by atoms with Gasteiger partial charge in [0.2, 0.25) is 0 Å². The number of hydrogen-bond acceptors (Lipinski definition) is 7. The van der Waals surface area contributed by atoms with Crippen molar-refractivity contribution in [1.29, 1.82) is 0 Å². The van der Waals surface area contributed by atoms with Crippen LogP contribution < -0.4 is 0 Å². The van der Waals surface area contributed by atoms with Gasteiger partial charge in [0.05, 0.1) is 16.5 Å². The summed E-state index contributed by atoms with van der Waals surface area (Å²) in [7, 11) is -3.95. The molecule has 1 saturated carbocycles. The Labute approximate surface area is 168 Å². The molecule has 0 radical (unpaired) electrons. The second-order valence-corrected chi connectivity index (χ2v) is 8.87. The van der Waals surface area contributed by atoms with Gasteiger partial charge in [-0.2, -0.15) is 13.2 Å². The first-order chi connectivity index (χ1) is 13.2. The fourth-order valence-electron chi connectivity index (χ4n) is 2.89. The van der Waals surface area contributed by atoms with E-state index in [0.29, 0.717) is 0 Å². The van der Waals surface area contributed by atoms with E-state index in [2.05, 4.69) is 4.74 Å². The second kappa shape index (κ2) is 8.50. The molecular formula is C17H16ClF3O7S. The Bertz CT molecular complexity index is 957. The molecule has 1 fully saturated rings. The Morgan fingerprint density at radius 1 is 1.31 bits per heavy atom. The summed E-state index contributed by atoms with van der Waals surface area (Å²) in [6.07, 6.45) is -5.74. The molecule has 1 aliphatic carbocycles. The molecule has 0 bridgehead atoms. The van der Waals surface area contributed by atoms with Gasteiger partial charge in [0, 0.05) is 23.8 Å². The van der Waals surface area contributed by atoms with Crippen LogP contribution in [-0.2, 0) is 30.8 Å². The molecule has 1 aromatic rings. The molecule has 1 N–H and O–H groups in total. The van der Waals surface area contributed by atoms with E-state index in [1.807, 2.05) is 0 Å². The summed E-state index contributed by atoms with van der Waals surface area (Å²) in [5.74, 6) is -4.63. The number of carbonyl (C=O) groups excluding carboxylic acids is 3. The van der Waals surface area contributed by atoms with Crippen LogP contribution in [0.25, 0.3) is 0 Å². The standard InChI is InChI=1S/C17H16ClF3O7S/c1-29(26,27)12-5-2-8(14(18)9(12)6-28-7-17(19,20)21)15(24)13-10(22)3-4-11(23)16(13)25/h2,5,11,13,23H,3-4,6-7H2,1H3.